The van der Waals surface area contributed by atoms with Crippen LogP contribution in [0.15, 0.2) is 6.33 Å². The first-order chi connectivity index (χ1) is 9.16. The smallest absolute Gasteiger partial charge is 0.230 e. The molecule has 1 amide bonds. The molecule has 0 bridgehead atoms. The molecule has 3 rings (SSSR count). The minimum Gasteiger partial charge on any atom is -0.355 e. The van der Waals surface area contributed by atoms with Gasteiger partial charge in [-0.25, -0.2) is 9.97 Å². The molecule has 2 aliphatic heterocycles. The summed E-state index contributed by atoms with van der Waals surface area (Å²) in [4.78, 5) is 22.2. The van der Waals surface area contributed by atoms with Gasteiger partial charge in [-0.05, 0) is 18.9 Å². The third kappa shape index (κ3) is 2.16. The lowest BCUT2D eigenvalue weighted by molar-refractivity contribution is -0.115. The summed E-state index contributed by atoms with van der Waals surface area (Å²) >= 11 is 0. The SMILES string of the molecule is C[C@@H]1CCNC[C@@H]1N(C)c1ncnc2c1CC(=O)N2. The van der Waals surface area contributed by atoms with E-state index in [-0.39, 0.29) is 5.91 Å². The molecular formula is C13H19N5O. The van der Waals surface area contributed by atoms with Gasteiger partial charge in [0.25, 0.3) is 0 Å². The molecule has 6 heteroatoms. The summed E-state index contributed by atoms with van der Waals surface area (Å²) in [5.74, 6) is 2.16. The number of anilines is 2. The van der Waals surface area contributed by atoms with E-state index in [1.807, 2.05) is 0 Å². The number of carbonyl (C=O) groups excluding carboxylic acids is 1. The van der Waals surface area contributed by atoms with Crippen LogP contribution in [0.5, 0.6) is 0 Å². The summed E-state index contributed by atoms with van der Waals surface area (Å²) in [5.41, 5.74) is 0.924. The van der Waals surface area contributed by atoms with E-state index in [1.54, 1.807) is 0 Å². The van der Waals surface area contributed by atoms with E-state index in [2.05, 4.69) is 39.5 Å². The van der Waals surface area contributed by atoms with Gasteiger partial charge in [0.05, 0.1) is 6.42 Å². The zero-order valence-electron chi connectivity index (χ0n) is 11.3. The topological polar surface area (TPSA) is 70.1 Å². The van der Waals surface area contributed by atoms with Gasteiger partial charge < -0.3 is 15.5 Å². The Morgan fingerprint density at radius 1 is 1.42 bits per heavy atom. The van der Waals surface area contributed by atoms with Crippen molar-refractivity contribution in [3.8, 4) is 0 Å². The molecule has 2 aliphatic rings. The molecule has 3 heterocycles. The van der Waals surface area contributed by atoms with Crippen molar-refractivity contribution >= 4 is 17.5 Å². The van der Waals surface area contributed by atoms with Crippen LogP contribution in [0, 0.1) is 5.92 Å². The monoisotopic (exact) mass is 261 g/mol. The maximum atomic E-state index is 11.5. The highest BCUT2D eigenvalue weighted by Gasteiger charge is 2.30. The molecule has 0 radical (unpaired) electrons. The second-order valence-corrected chi connectivity index (χ2v) is 5.40. The molecular weight excluding hydrogens is 242 g/mol. The molecule has 0 aromatic carbocycles. The van der Waals surface area contributed by atoms with Crippen molar-refractivity contribution < 1.29 is 4.79 Å². The number of hydrogen-bond acceptors (Lipinski definition) is 5. The van der Waals surface area contributed by atoms with Crippen LogP contribution in [0.25, 0.3) is 0 Å². The van der Waals surface area contributed by atoms with Gasteiger partial charge in [-0.3, -0.25) is 4.79 Å². The second kappa shape index (κ2) is 4.77. The molecule has 1 aromatic rings. The normalized spacial score (nSPS) is 25.9. The predicted molar refractivity (Wildman–Crippen MR) is 73.2 cm³/mol. The number of rotatable bonds is 2. The first kappa shape index (κ1) is 12.3. The third-order valence-electron chi connectivity index (χ3n) is 4.14. The van der Waals surface area contributed by atoms with Gasteiger partial charge in [0.15, 0.2) is 0 Å². The lowest BCUT2D eigenvalue weighted by atomic mass is 9.93. The van der Waals surface area contributed by atoms with Crippen molar-refractivity contribution in [3.63, 3.8) is 0 Å². The minimum atomic E-state index is -0.0000300. The second-order valence-electron chi connectivity index (χ2n) is 5.40. The highest BCUT2D eigenvalue weighted by Crippen LogP contribution is 2.30. The number of likely N-dealkylation sites (N-methyl/N-ethyl adjacent to an activating group) is 1. The molecule has 102 valence electrons. The Kier molecular flexibility index (Phi) is 3.10. The van der Waals surface area contributed by atoms with Crippen LogP contribution in [0.4, 0.5) is 11.6 Å². The molecule has 19 heavy (non-hydrogen) atoms. The molecule has 2 atom stereocenters. The molecule has 1 aromatic heterocycles. The summed E-state index contributed by atoms with van der Waals surface area (Å²) in [6.07, 6.45) is 3.07. The average molecular weight is 261 g/mol. The molecule has 0 unspecified atom stereocenters. The number of piperidine rings is 1. The third-order valence-corrected chi connectivity index (χ3v) is 4.14. The lowest BCUT2D eigenvalue weighted by Gasteiger charge is -2.37. The summed E-state index contributed by atoms with van der Waals surface area (Å²) in [5, 5.41) is 6.20. The maximum Gasteiger partial charge on any atom is 0.230 e. The number of nitrogens with one attached hydrogen (secondary N) is 2. The fourth-order valence-electron chi connectivity index (χ4n) is 2.96. The Balaban J connectivity index is 1.90. The van der Waals surface area contributed by atoms with Crippen LogP contribution in [-0.4, -0.2) is 42.1 Å². The van der Waals surface area contributed by atoms with Gasteiger partial charge >= 0.3 is 0 Å². The van der Waals surface area contributed by atoms with E-state index in [9.17, 15) is 4.79 Å². The van der Waals surface area contributed by atoms with Crippen LogP contribution in [-0.2, 0) is 11.2 Å². The zero-order chi connectivity index (χ0) is 13.4. The largest absolute Gasteiger partial charge is 0.355 e. The van der Waals surface area contributed by atoms with Crippen LogP contribution in [0.1, 0.15) is 18.9 Å². The number of aromatic nitrogens is 2. The number of hydrogen-bond donors (Lipinski definition) is 2. The standard InChI is InChI=1S/C13H19N5O/c1-8-3-4-14-6-10(8)18(2)13-9-5-11(19)17-12(9)15-7-16-13/h7-8,10,14H,3-6H2,1-2H3,(H,15,16,17,19)/t8-,10+/m1/s1. The first-order valence-electron chi connectivity index (χ1n) is 6.74. The number of fused-ring (bicyclic) bond motifs is 1. The summed E-state index contributed by atoms with van der Waals surface area (Å²) in [7, 11) is 2.06. The van der Waals surface area contributed by atoms with E-state index in [0.29, 0.717) is 24.2 Å². The number of carbonyl (C=O) groups is 1. The maximum absolute atomic E-state index is 11.5. The van der Waals surface area contributed by atoms with Crippen LogP contribution in [0.2, 0.25) is 0 Å². The van der Waals surface area contributed by atoms with Crippen molar-refractivity contribution in [2.45, 2.75) is 25.8 Å². The van der Waals surface area contributed by atoms with Crippen molar-refractivity contribution in [2.75, 3.05) is 30.4 Å². The number of amides is 1. The van der Waals surface area contributed by atoms with Gasteiger partial charge in [0.2, 0.25) is 5.91 Å². The Hall–Kier alpha value is -1.69. The Labute approximate surface area is 112 Å². The Bertz CT molecular complexity index is 504. The van der Waals surface area contributed by atoms with Gasteiger partial charge in [0, 0.05) is 25.2 Å². The molecule has 1 saturated heterocycles. The zero-order valence-corrected chi connectivity index (χ0v) is 11.3. The van der Waals surface area contributed by atoms with E-state index in [1.165, 1.54) is 12.7 Å². The van der Waals surface area contributed by atoms with Crippen LogP contribution in [0.3, 0.4) is 0 Å². The van der Waals surface area contributed by atoms with Gasteiger partial charge in [-0.1, -0.05) is 6.92 Å². The van der Waals surface area contributed by atoms with E-state index < -0.39 is 0 Å². The quantitative estimate of drug-likeness (QED) is 0.806. The summed E-state index contributed by atoms with van der Waals surface area (Å²) in [6, 6.07) is 0.406. The minimum absolute atomic E-state index is 0.0000300. The summed E-state index contributed by atoms with van der Waals surface area (Å²) < 4.78 is 0. The van der Waals surface area contributed by atoms with Crippen molar-refractivity contribution in [1.29, 1.82) is 0 Å². The Morgan fingerprint density at radius 3 is 3.05 bits per heavy atom. The molecule has 2 N–H and O–H groups in total. The number of nitrogens with zero attached hydrogens (tertiary/aromatic N) is 3. The van der Waals surface area contributed by atoms with Crippen molar-refractivity contribution in [3.05, 3.63) is 11.9 Å². The van der Waals surface area contributed by atoms with Crippen molar-refractivity contribution in [2.24, 2.45) is 5.92 Å². The Morgan fingerprint density at radius 2 is 2.26 bits per heavy atom. The molecule has 6 nitrogen and oxygen atoms in total. The highest BCUT2D eigenvalue weighted by atomic mass is 16.1. The molecule has 0 spiro atoms. The van der Waals surface area contributed by atoms with Gasteiger partial charge in [-0.15, -0.1) is 0 Å². The molecule has 1 fully saturated rings. The van der Waals surface area contributed by atoms with E-state index >= 15 is 0 Å². The van der Waals surface area contributed by atoms with Gasteiger partial charge in [-0.2, -0.15) is 0 Å². The fourth-order valence-corrected chi connectivity index (χ4v) is 2.96. The summed E-state index contributed by atoms with van der Waals surface area (Å²) in [6.45, 7) is 4.30. The fraction of sp³-hybridized carbons (Fsp3) is 0.615. The van der Waals surface area contributed by atoms with E-state index in [0.717, 1.165) is 24.5 Å². The van der Waals surface area contributed by atoms with Crippen LogP contribution < -0.4 is 15.5 Å². The first-order valence-corrected chi connectivity index (χ1v) is 6.74. The lowest BCUT2D eigenvalue weighted by Crippen LogP contribution is -2.49. The average Bonchev–Trinajstić information content (AvgIpc) is 2.78. The van der Waals surface area contributed by atoms with E-state index in [4.69, 9.17) is 0 Å². The molecule has 0 aliphatic carbocycles. The highest BCUT2D eigenvalue weighted by molar-refractivity contribution is 5.99. The molecule has 0 saturated carbocycles. The predicted octanol–water partition coefficient (Wildman–Crippen LogP) is 0.405. The van der Waals surface area contributed by atoms with Gasteiger partial charge in [0.1, 0.15) is 18.0 Å². The van der Waals surface area contributed by atoms with Crippen molar-refractivity contribution in [1.82, 2.24) is 15.3 Å². The van der Waals surface area contributed by atoms with Crippen LogP contribution >= 0.6 is 0 Å².